The number of hydrogen-bond donors (Lipinski definition) is 2. The molecule has 3 aromatic rings. The molecular formula is C29H37AsN2O4S. The van der Waals surface area contributed by atoms with Gasteiger partial charge in [-0.2, -0.15) is 0 Å². The zero-order valence-electron chi connectivity index (χ0n) is 22.0. The third-order valence-electron chi connectivity index (χ3n) is 6.08. The van der Waals surface area contributed by atoms with E-state index in [1.54, 1.807) is 12.1 Å². The van der Waals surface area contributed by atoms with Crippen LogP contribution in [0.25, 0.3) is 11.1 Å². The summed E-state index contributed by atoms with van der Waals surface area (Å²) in [4.78, 5) is 29.3. The molecule has 1 heterocycles. The van der Waals surface area contributed by atoms with Crippen molar-refractivity contribution in [3.05, 3.63) is 71.0 Å². The van der Waals surface area contributed by atoms with Gasteiger partial charge in [0.25, 0.3) is 0 Å². The molecule has 37 heavy (non-hydrogen) atoms. The molecule has 0 aliphatic carbocycles. The number of benzene rings is 2. The Balaban J connectivity index is 1.88. The van der Waals surface area contributed by atoms with E-state index in [1.165, 1.54) is 0 Å². The van der Waals surface area contributed by atoms with Gasteiger partial charge in [-0.1, -0.05) is 0 Å². The fourth-order valence-corrected chi connectivity index (χ4v) is 7.38. The van der Waals surface area contributed by atoms with E-state index in [0.717, 1.165) is 41.8 Å². The van der Waals surface area contributed by atoms with Crippen LogP contribution in [-0.2, 0) is 23.0 Å². The summed E-state index contributed by atoms with van der Waals surface area (Å²) < 4.78 is 8.42. The van der Waals surface area contributed by atoms with Gasteiger partial charge in [0.1, 0.15) is 0 Å². The Morgan fingerprint density at radius 3 is 2.43 bits per heavy atom. The molecule has 0 saturated heterocycles. The molecule has 6 nitrogen and oxygen atoms in total. The van der Waals surface area contributed by atoms with Gasteiger partial charge in [-0.3, -0.25) is 0 Å². The quantitative estimate of drug-likeness (QED) is 0.195. The molecule has 1 N–H and O–H groups in total. The summed E-state index contributed by atoms with van der Waals surface area (Å²) >= 11 is 3.68. The first-order valence-electron chi connectivity index (χ1n) is 12.8. The zero-order chi connectivity index (χ0) is 26.9. The summed E-state index contributed by atoms with van der Waals surface area (Å²) in [6.07, 6.45) is 2.45. The van der Waals surface area contributed by atoms with Crippen LogP contribution in [0.3, 0.4) is 0 Å². The van der Waals surface area contributed by atoms with Gasteiger partial charge in [-0.05, 0) is 0 Å². The van der Waals surface area contributed by atoms with Crippen LogP contribution in [-0.4, -0.2) is 52.8 Å². The average molecular weight is 585 g/mol. The molecule has 0 saturated carbocycles. The fraction of sp³-hybridized carbons (Fsp3) is 0.414. The molecule has 198 valence electrons. The number of thiol groups is 1. The van der Waals surface area contributed by atoms with Crippen LogP contribution in [0, 0.1) is 5.92 Å². The maximum atomic E-state index is 12.8. The number of carbonyl (C=O) groups excluding carboxylic acids is 1. The third kappa shape index (κ3) is 7.75. The first-order chi connectivity index (χ1) is 17.7. The molecule has 1 unspecified atom stereocenters. The fourth-order valence-electron chi connectivity index (χ4n) is 4.19. The summed E-state index contributed by atoms with van der Waals surface area (Å²) in [6.45, 7) is 9.52. The van der Waals surface area contributed by atoms with Gasteiger partial charge in [0.05, 0.1) is 0 Å². The predicted molar refractivity (Wildman–Crippen MR) is 153 cm³/mol. The maximum absolute atomic E-state index is 12.8. The second kappa shape index (κ2) is 13.9. The Morgan fingerprint density at radius 1 is 1.11 bits per heavy atom. The van der Waals surface area contributed by atoms with Gasteiger partial charge in [0.2, 0.25) is 0 Å². The number of carbonyl (C=O) groups is 2. The van der Waals surface area contributed by atoms with Crippen molar-refractivity contribution >= 4 is 38.9 Å². The van der Waals surface area contributed by atoms with Crippen molar-refractivity contribution in [3.8, 4) is 17.1 Å². The number of imidazole rings is 1. The van der Waals surface area contributed by atoms with Crippen molar-refractivity contribution in [1.82, 2.24) is 9.55 Å². The Labute approximate surface area is 231 Å². The van der Waals surface area contributed by atoms with Crippen LogP contribution >= 0.6 is 12.6 Å². The normalized spacial score (nSPS) is 12.4. The molecule has 0 bridgehead atoms. The third-order valence-corrected chi connectivity index (χ3v) is 9.57. The number of ether oxygens (including phenoxy) is 1. The van der Waals surface area contributed by atoms with Gasteiger partial charge >= 0.3 is 233 Å². The molecule has 1 aromatic heterocycles. The van der Waals surface area contributed by atoms with Crippen molar-refractivity contribution in [1.29, 1.82) is 0 Å². The van der Waals surface area contributed by atoms with E-state index in [4.69, 9.17) is 9.72 Å². The van der Waals surface area contributed by atoms with Crippen molar-refractivity contribution < 1.29 is 19.4 Å². The summed E-state index contributed by atoms with van der Waals surface area (Å²) in [6, 6.07) is 15.6. The van der Waals surface area contributed by atoms with E-state index in [0.29, 0.717) is 35.9 Å². The minimum absolute atomic E-state index is 0.196. The topological polar surface area (TPSA) is 81.4 Å². The number of carboxylic acids is 1. The number of aromatic nitrogens is 2. The molecule has 0 spiro atoms. The number of carboxylic acid groups (broad SMARTS) is 1. The minimum atomic E-state index is -0.942. The zero-order valence-corrected chi connectivity index (χ0v) is 25.0. The monoisotopic (exact) mass is 584 g/mol. The number of rotatable bonds is 14. The van der Waals surface area contributed by atoms with Crippen LogP contribution in [0.4, 0.5) is 0 Å². The van der Waals surface area contributed by atoms with Crippen LogP contribution in [0.15, 0.2) is 48.5 Å². The molecular weight excluding hydrogens is 547 g/mol. The number of aryl methyl sites for hydroxylation is 1. The molecule has 0 aliphatic rings. The summed E-state index contributed by atoms with van der Waals surface area (Å²) in [7, 11) is 0. The van der Waals surface area contributed by atoms with E-state index < -0.39 is 21.7 Å². The summed E-state index contributed by atoms with van der Waals surface area (Å²) in [5.74, 6) is -0.503. The van der Waals surface area contributed by atoms with Gasteiger partial charge in [-0.15, -0.1) is 0 Å². The Bertz CT molecular complexity index is 1210. The van der Waals surface area contributed by atoms with Gasteiger partial charge < -0.3 is 0 Å². The molecule has 0 aliphatic heterocycles. The van der Waals surface area contributed by atoms with E-state index >= 15 is 0 Å². The Hall–Kier alpha value is -2.50. The first-order valence-corrected chi connectivity index (χ1v) is 15.9. The van der Waals surface area contributed by atoms with Crippen LogP contribution in [0.5, 0.6) is 6.01 Å². The Morgan fingerprint density at radius 2 is 1.81 bits per heavy atom. The van der Waals surface area contributed by atoms with E-state index in [2.05, 4.69) is 44.9 Å². The average Bonchev–Trinajstić information content (AvgIpc) is 3.21. The number of hydrogen-bond acceptors (Lipinski definition) is 5. The second-order valence-electron chi connectivity index (χ2n) is 9.49. The Kier molecular flexibility index (Phi) is 10.9. The first kappa shape index (κ1) is 29.1. The van der Waals surface area contributed by atoms with Crippen molar-refractivity contribution in [2.75, 3.05) is 6.61 Å². The molecule has 8 heteroatoms. The number of aromatic carboxylic acids is 1. The van der Waals surface area contributed by atoms with Gasteiger partial charge in [-0.25, -0.2) is 0 Å². The molecule has 2 atom stereocenters. The molecule has 0 fully saturated rings. The van der Waals surface area contributed by atoms with E-state index in [-0.39, 0.29) is 15.4 Å². The predicted octanol–water partition coefficient (Wildman–Crippen LogP) is 5.46. The van der Waals surface area contributed by atoms with Crippen LogP contribution in [0.2, 0.25) is 0 Å². The second-order valence-corrected chi connectivity index (χ2v) is 12.6. The van der Waals surface area contributed by atoms with Crippen LogP contribution < -0.4 is 4.74 Å². The van der Waals surface area contributed by atoms with E-state index in [9.17, 15) is 14.7 Å². The molecule has 0 radical (unpaired) electrons. The molecule has 3 rings (SSSR count). The summed E-state index contributed by atoms with van der Waals surface area (Å²) in [5.41, 5.74) is 4.94. The van der Waals surface area contributed by atoms with Crippen molar-refractivity contribution in [3.63, 3.8) is 0 Å². The van der Waals surface area contributed by atoms with Gasteiger partial charge in [0, 0.05) is 0 Å². The van der Waals surface area contributed by atoms with Gasteiger partial charge in [0.15, 0.2) is 0 Å². The summed E-state index contributed by atoms with van der Waals surface area (Å²) in [5, 5.41) is 10.1. The number of nitrogens with zero attached hydrogens (tertiary/aromatic N) is 2. The standard InChI is InChI=1S/C29H37AsN2O4S/c1-5-15-36-29-31-24(6-2)25(17-30-27(33)26(37)16-19(3)4)32(29)18-20-11-13-21(14-12-20)22-9-7-8-10-23(22)28(34)35/h7-14,19,26,30,37H,5-6,15-18H2,1-4H3,(H,34,35)/t26-/m0/s1. The molecule has 2 aromatic carbocycles. The SMILES string of the molecule is CCCOc1nc(CC)c(C[AsH]C(=O)[C@@H](S)CC(C)C)n1Cc1ccc(-c2ccccc2C(=O)O)cc1. The van der Waals surface area contributed by atoms with Crippen molar-refractivity contribution in [2.45, 2.75) is 64.0 Å². The molecule has 0 amide bonds. The van der Waals surface area contributed by atoms with Crippen LogP contribution in [0.1, 0.15) is 67.8 Å². The van der Waals surface area contributed by atoms with Crippen molar-refractivity contribution in [2.24, 2.45) is 5.92 Å². The van der Waals surface area contributed by atoms with E-state index in [1.807, 2.05) is 36.4 Å².